The number of rotatable bonds is 4. The number of para-hydroxylation sites is 1. The molecule has 1 unspecified atom stereocenters. The van der Waals surface area contributed by atoms with Crippen molar-refractivity contribution in [3.63, 3.8) is 0 Å². The molecule has 2 heterocycles. The predicted molar refractivity (Wildman–Crippen MR) is 73.8 cm³/mol. The molecule has 1 atom stereocenters. The highest BCUT2D eigenvalue weighted by Crippen LogP contribution is 2.37. The Morgan fingerprint density at radius 2 is 2.20 bits per heavy atom. The van der Waals surface area contributed by atoms with E-state index >= 15 is 0 Å². The van der Waals surface area contributed by atoms with Crippen LogP contribution in [0.1, 0.15) is 30.6 Å². The van der Waals surface area contributed by atoms with Crippen molar-refractivity contribution >= 4 is 0 Å². The lowest BCUT2D eigenvalue weighted by Crippen LogP contribution is -2.22. The molecule has 2 N–H and O–H groups in total. The van der Waals surface area contributed by atoms with Gasteiger partial charge in [0.25, 0.3) is 0 Å². The lowest BCUT2D eigenvalue weighted by Gasteiger charge is -2.23. The summed E-state index contributed by atoms with van der Waals surface area (Å²) in [5.41, 5.74) is 8.17. The molecule has 1 aliphatic heterocycles. The number of hydrogen-bond donors (Lipinski definition) is 1. The monoisotopic (exact) mass is 274 g/mol. The molecule has 6 nitrogen and oxygen atoms in total. The summed E-state index contributed by atoms with van der Waals surface area (Å²) in [6.07, 6.45) is 2.69. The van der Waals surface area contributed by atoms with Gasteiger partial charge in [0.15, 0.2) is 11.5 Å². The summed E-state index contributed by atoms with van der Waals surface area (Å²) in [6.45, 7) is 4.01. The van der Waals surface area contributed by atoms with Crippen molar-refractivity contribution in [3.05, 3.63) is 35.7 Å². The molecular formula is C14H18N4O2. The fourth-order valence-corrected chi connectivity index (χ4v) is 2.39. The van der Waals surface area contributed by atoms with Crippen LogP contribution in [0.5, 0.6) is 11.5 Å². The molecule has 0 amide bonds. The van der Waals surface area contributed by atoms with Crippen LogP contribution in [-0.4, -0.2) is 28.2 Å². The molecule has 2 aromatic rings. The maximum absolute atomic E-state index is 6.38. The number of fused-ring (bicyclic) bond motifs is 1. The minimum absolute atomic E-state index is 0.326. The van der Waals surface area contributed by atoms with E-state index in [9.17, 15) is 0 Å². The fraction of sp³-hybridized carbons (Fsp3) is 0.429. The first-order valence-electron chi connectivity index (χ1n) is 6.83. The van der Waals surface area contributed by atoms with E-state index in [2.05, 4.69) is 17.2 Å². The quantitative estimate of drug-likeness (QED) is 0.914. The molecule has 0 bridgehead atoms. The zero-order valence-electron chi connectivity index (χ0n) is 11.5. The third kappa shape index (κ3) is 2.22. The Bertz CT molecular complexity index is 597. The first-order valence-corrected chi connectivity index (χ1v) is 6.83. The van der Waals surface area contributed by atoms with Crippen molar-refractivity contribution in [2.24, 2.45) is 5.73 Å². The molecular weight excluding hydrogens is 256 g/mol. The average Bonchev–Trinajstić information content (AvgIpc) is 2.94. The van der Waals surface area contributed by atoms with Crippen molar-refractivity contribution < 1.29 is 9.47 Å². The van der Waals surface area contributed by atoms with Gasteiger partial charge in [-0.15, -0.1) is 5.10 Å². The average molecular weight is 274 g/mol. The van der Waals surface area contributed by atoms with Crippen molar-refractivity contribution in [1.29, 1.82) is 0 Å². The van der Waals surface area contributed by atoms with Crippen LogP contribution in [0, 0.1) is 0 Å². The Morgan fingerprint density at radius 3 is 3.05 bits per heavy atom. The van der Waals surface area contributed by atoms with Crippen LogP contribution in [0.15, 0.2) is 24.4 Å². The Hall–Kier alpha value is -2.08. The van der Waals surface area contributed by atoms with Gasteiger partial charge in [-0.05, 0) is 12.5 Å². The fourth-order valence-electron chi connectivity index (χ4n) is 2.39. The van der Waals surface area contributed by atoms with Crippen LogP contribution in [0.2, 0.25) is 0 Å². The lowest BCUT2D eigenvalue weighted by molar-refractivity contribution is 0.169. The minimum Gasteiger partial charge on any atom is -0.486 e. The van der Waals surface area contributed by atoms with Gasteiger partial charge in [0.1, 0.15) is 13.2 Å². The number of hydrogen-bond acceptors (Lipinski definition) is 5. The van der Waals surface area contributed by atoms with Crippen LogP contribution in [0.3, 0.4) is 0 Å². The summed E-state index contributed by atoms with van der Waals surface area (Å²) in [7, 11) is 0. The number of benzene rings is 1. The molecule has 0 saturated carbocycles. The van der Waals surface area contributed by atoms with E-state index in [-0.39, 0.29) is 6.04 Å². The van der Waals surface area contributed by atoms with E-state index in [1.165, 1.54) is 0 Å². The summed E-state index contributed by atoms with van der Waals surface area (Å²) < 4.78 is 13.2. The number of ether oxygens (including phenoxy) is 2. The zero-order chi connectivity index (χ0) is 13.9. The summed E-state index contributed by atoms with van der Waals surface area (Å²) in [5.74, 6) is 1.48. The maximum Gasteiger partial charge on any atom is 0.166 e. The molecule has 1 aromatic carbocycles. The molecule has 20 heavy (non-hydrogen) atoms. The molecule has 106 valence electrons. The van der Waals surface area contributed by atoms with Gasteiger partial charge in [-0.1, -0.05) is 24.3 Å². The maximum atomic E-state index is 6.38. The van der Waals surface area contributed by atoms with Gasteiger partial charge in [-0.3, -0.25) is 0 Å². The number of nitrogens with zero attached hydrogens (tertiary/aromatic N) is 3. The molecule has 0 fully saturated rings. The second kappa shape index (κ2) is 5.50. The highest BCUT2D eigenvalue weighted by atomic mass is 16.6. The largest absolute Gasteiger partial charge is 0.486 e. The van der Waals surface area contributed by atoms with Crippen molar-refractivity contribution in [3.8, 4) is 11.5 Å². The topological polar surface area (TPSA) is 75.2 Å². The molecule has 0 aliphatic carbocycles. The Morgan fingerprint density at radius 1 is 1.35 bits per heavy atom. The van der Waals surface area contributed by atoms with E-state index < -0.39 is 0 Å². The van der Waals surface area contributed by atoms with Gasteiger partial charge in [0, 0.05) is 12.1 Å². The van der Waals surface area contributed by atoms with E-state index in [0.717, 1.165) is 35.7 Å². The molecule has 0 radical (unpaired) electrons. The Balaban J connectivity index is 1.98. The second-order valence-electron chi connectivity index (χ2n) is 4.73. The number of nitrogens with two attached hydrogens (primary N) is 1. The van der Waals surface area contributed by atoms with Crippen LogP contribution in [0.25, 0.3) is 0 Å². The zero-order valence-corrected chi connectivity index (χ0v) is 11.5. The number of aromatic nitrogens is 3. The Labute approximate surface area is 117 Å². The third-order valence-corrected chi connectivity index (χ3v) is 3.33. The normalized spacial score (nSPS) is 15.1. The molecule has 6 heteroatoms. The van der Waals surface area contributed by atoms with E-state index in [1.54, 1.807) is 6.20 Å². The van der Waals surface area contributed by atoms with E-state index in [0.29, 0.717) is 13.2 Å². The smallest absolute Gasteiger partial charge is 0.166 e. The van der Waals surface area contributed by atoms with Crippen LogP contribution in [-0.2, 0) is 6.54 Å². The second-order valence-corrected chi connectivity index (χ2v) is 4.73. The van der Waals surface area contributed by atoms with E-state index in [4.69, 9.17) is 15.2 Å². The van der Waals surface area contributed by atoms with Crippen LogP contribution in [0.4, 0.5) is 0 Å². The van der Waals surface area contributed by atoms with Gasteiger partial charge in [0.05, 0.1) is 17.9 Å². The molecule has 3 rings (SSSR count). The predicted octanol–water partition coefficient (Wildman–Crippen LogP) is 1.51. The molecule has 1 aliphatic rings. The SMILES string of the molecule is CCCn1nncc1C(N)c1cccc2c1OCCO2. The Kier molecular flexibility index (Phi) is 3.56. The minimum atomic E-state index is -0.326. The summed E-state index contributed by atoms with van der Waals surface area (Å²) >= 11 is 0. The molecule has 1 aromatic heterocycles. The molecule has 0 saturated heterocycles. The number of aryl methyl sites for hydroxylation is 1. The highest BCUT2D eigenvalue weighted by Gasteiger charge is 2.23. The van der Waals surface area contributed by atoms with Crippen LogP contribution < -0.4 is 15.2 Å². The van der Waals surface area contributed by atoms with Gasteiger partial charge in [0.2, 0.25) is 0 Å². The van der Waals surface area contributed by atoms with Gasteiger partial charge < -0.3 is 15.2 Å². The van der Waals surface area contributed by atoms with Crippen molar-refractivity contribution in [1.82, 2.24) is 15.0 Å². The summed E-state index contributed by atoms with van der Waals surface area (Å²) in [4.78, 5) is 0. The van der Waals surface area contributed by atoms with Gasteiger partial charge >= 0.3 is 0 Å². The lowest BCUT2D eigenvalue weighted by atomic mass is 10.0. The molecule has 0 spiro atoms. The van der Waals surface area contributed by atoms with Crippen LogP contribution >= 0.6 is 0 Å². The van der Waals surface area contributed by atoms with E-state index in [1.807, 2.05) is 22.9 Å². The third-order valence-electron chi connectivity index (χ3n) is 3.33. The standard InChI is InChI=1S/C14H18N4O2/c1-2-6-18-11(9-16-17-18)13(15)10-4-3-5-12-14(10)20-8-7-19-12/h3-5,9,13H,2,6-8,15H2,1H3. The summed E-state index contributed by atoms with van der Waals surface area (Å²) in [6, 6.07) is 5.46. The van der Waals surface area contributed by atoms with Crippen molar-refractivity contribution in [2.45, 2.75) is 25.9 Å². The first-order chi connectivity index (χ1) is 9.81. The van der Waals surface area contributed by atoms with Crippen molar-refractivity contribution in [2.75, 3.05) is 13.2 Å². The first kappa shape index (κ1) is 12.9. The van der Waals surface area contributed by atoms with Gasteiger partial charge in [-0.25, -0.2) is 4.68 Å². The summed E-state index contributed by atoms with van der Waals surface area (Å²) in [5, 5.41) is 8.04. The van der Waals surface area contributed by atoms with Gasteiger partial charge in [-0.2, -0.15) is 0 Å². The highest BCUT2D eigenvalue weighted by molar-refractivity contribution is 5.50.